The molecule has 0 aliphatic heterocycles. The largest absolute Gasteiger partial charge is 0.352 e. The number of nitrogens with one attached hydrogen (secondary N) is 1. The number of halogens is 2. The molecule has 2 aromatic rings. The van der Waals surface area contributed by atoms with Crippen molar-refractivity contribution in [3.63, 3.8) is 0 Å². The molecule has 0 bridgehead atoms. The van der Waals surface area contributed by atoms with Crippen LogP contribution in [0.3, 0.4) is 0 Å². The van der Waals surface area contributed by atoms with E-state index < -0.39 is 16.1 Å². The highest BCUT2D eigenvalue weighted by Gasteiger charge is 2.29. The maximum absolute atomic E-state index is 13.6. The van der Waals surface area contributed by atoms with Crippen LogP contribution >= 0.6 is 23.2 Å². The summed E-state index contributed by atoms with van der Waals surface area (Å²) < 4.78 is 26.6. The molecular formula is C28H39Cl2N3O4S. The molecule has 2 aromatic carbocycles. The van der Waals surface area contributed by atoms with Gasteiger partial charge in [-0.2, -0.15) is 0 Å². The van der Waals surface area contributed by atoms with E-state index in [1.807, 2.05) is 52.8 Å². The van der Waals surface area contributed by atoms with Gasteiger partial charge in [0.05, 0.1) is 22.0 Å². The van der Waals surface area contributed by atoms with E-state index in [1.54, 1.807) is 23.1 Å². The fourth-order valence-corrected chi connectivity index (χ4v) is 5.50. The van der Waals surface area contributed by atoms with Crippen molar-refractivity contribution < 1.29 is 18.0 Å². The van der Waals surface area contributed by atoms with Crippen molar-refractivity contribution in [3.8, 4) is 0 Å². The third-order valence-corrected chi connectivity index (χ3v) is 8.43. The van der Waals surface area contributed by atoms with Gasteiger partial charge in [0.1, 0.15) is 6.04 Å². The van der Waals surface area contributed by atoms with E-state index in [-0.39, 0.29) is 37.4 Å². The number of hydrogen-bond acceptors (Lipinski definition) is 4. The van der Waals surface area contributed by atoms with Gasteiger partial charge in [-0.25, -0.2) is 8.42 Å². The monoisotopic (exact) mass is 583 g/mol. The van der Waals surface area contributed by atoms with Crippen LogP contribution in [0.5, 0.6) is 0 Å². The topological polar surface area (TPSA) is 86.8 Å². The summed E-state index contributed by atoms with van der Waals surface area (Å²) in [6.07, 6.45) is 2.72. The minimum Gasteiger partial charge on any atom is -0.352 e. The van der Waals surface area contributed by atoms with Crippen molar-refractivity contribution in [1.82, 2.24) is 10.2 Å². The summed E-state index contributed by atoms with van der Waals surface area (Å²) in [4.78, 5) is 28.3. The van der Waals surface area contributed by atoms with Crippen LogP contribution in [0.25, 0.3) is 0 Å². The van der Waals surface area contributed by atoms with Crippen LogP contribution in [0.2, 0.25) is 10.0 Å². The molecule has 0 fully saturated rings. The van der Waals surface area contributed by atoms with Crippen LogP contribution in [-0.2, 0) is 26.2 Å². The van der Waals surface area contributed by atoms with Crippen molar-refractivity contribution in [2.75, 3.05) is 17.1 Å². The number of aryl methyl sites for hydroxylation is 2. The normalized spacial score (nSPS) is 13.1. The standard InChI is InChI=1S/C28H39Cl2N3O4S/c1-7-21(5)31-28(35)25(8-2)32(18-22-13-14-23(29)24(30)17-22)27(34)10-9-15-33(38(6,36)37)26-16-19(3)11-12-20(26)4/h11-14,16-17,21,25H,7-10,15,18H2,1-6H3,(H,31,35)/t21-,25-/m1/s1. The Morgan fingerprint density at radius 1 is 1.00 bits per heavy atom. The lowest BCUT2D eigenvalue weighted by Crippen LogP contribution is -2.50. The zero-order chi connectivity index (χ0) is 28.6. The first-order valence-corrected chi connectivity index (χ1v) is 15.5. The van der Waals surface area contributed by atoms with Gasteiger partial charge in [-0.3, -0.25) is 13.9 Å². The first-order chi connectivity index (χ1) is 17.8. The quantitative estimate of drug-likeness (QED) is 0.319. The molecule has 0 heterocycles. The Balaban J connectivity index is 2.29. The summed E-state index contributed by atoms with van der Waals surface area (Å²) in [7, 11) is -3.57. The van der Waals surface area contributed by atoms with E-state index in [2.05, 4.69) is 5.32 Å². The van der Waals surface area contributed by atoms with Crippen molar-refractivity contribution in [1.29, 1.82) is 0 Å². The molecular weight excluding hydrogens is 545 g/mol. The Hall–Kier alpha value is -2.29. The summed E-state index contributed by atoms with van der Waals surface area (Å²) >= 11 is 12.3. The molecule has 10 heteroatoms. The molecule has 0 unspecified atom stereocenters. The number of carbonyl (C=O) groups is 2. The van der Waals surface area contributed by atoms with Crippen molar-refractivity contribution in [2.24, 2.45) is 0 Å². The molecule has 0 saturated carbocycles. The first kappa shape index (κ1) is 31.9. The lowest BCUT2D eigenvalue weighted by atomic mass is 10.1. The summed E-state index contributed by atoms with van der Waals surface area (Å²) in [5.74, 6) is -0.458. The molecule has 38 heavy (non-hydrogen) atoms. The van der Waals surface area contributed by atoms with E-state index in [0.29, 0.717) is 28.6 Å². The number of hydrogen-bond donors (Lipinski definition) is 1. The predicted molar refractivity (Wildman–Crippen MR) is 156 cm³/mol. The predicted octanol–water partition coefficient (Wildman–Crippen LogP) is 5.88. The summed E-state index contributed by atoms with van der Waals surface area (Å²) in [6, 6.07) is 10.1. The number of amides is 2. The zero-order valence-corrected chi connectivity index (χ0v) is 25.4. The van der Waals surface area contributed by atoms with Crippen LogP contribution in [0.1, 0.15) is 63.1 Å². The molecule has 2 rings (SSSR count). The van der Waals surface area contributed by atoms with E-state index in [1.165, 1.54) is 10.6 Å². The average Bonchev–Trinajstić information content (AvgIpc) is 2.84. The maximum atomic E-state index is 13.6. The Bertz CT molecular complexity index is 1240. The number of nitrogens with zero attached hydrogens (tertiary/aromatic N) is 2. The molecule has 7 nitrogen and oxygen atoms in total. The highest BCUT2D eigenvalue weighted by Crippen LogP contribution is 2.26. The highest BCUT2D eigenvalue weighted by molar-refractivity contribution is 7.92. The van der Waals surface area contributed by atoms with Crippen LogP contribution < -0.4 is 9.62 Å². The second-order valence-electron chi connectivity index (χ2n) is 9.74. The van der Waals surface area contributed by atoms with Crippen molar-refractivity contribution in [3.05, 3.63) is 63.1 Å². The average molecular weight is 585 g/mol. The summed E-state index contributed by atoms with van der Waals surface area (Å²) in [5, 5.41) is 3.75. The van der Waals surface area contributed by atoms with Crippen LogP contribution in [0.15, 0.2) is 36.4 Å². The van der Waals surface area contributed by atoms with Gasteiger partial charge in [0, 0.05) is 25.6 Å². The van der Waals surface area contributed by atoms with Crippen LogP contribution in [0.4, 0.5) is 5.69 Å². The van der Waals surface area contributed by atoms with Gasteiger partial charge in [0.15, 0.2) is 0 Å². The molecule has 0 aromatic heterocycles. The van der Waals surface area contributed by atoms with E-state index in [4.69, 9.17) is 23.2 Å². The fraction of sp³-hybridized carbons (Fsp3) is 0.500. The molecule has 1 N–H and O–H groups in total. The molecule has 210 valence electrons. The number of rotatable bonds is 13. The molecule has 0 aliphatic rings. The Labute approximate surface area is 237 Å². The maximum Gasteiger partial charge on any atom is 0.243 e. The lowest BCUT2D eigenvalue weighted by Gasteiger charge is -2.32. The van der Waals surface area contributed by atoms with Gasteiger partial charge in [0.2, 0.25) is 21.8 Å². The minimum absolute atomic E-state index is 0.0284. The van der Waals surface area contributed by atoms with Crippen molar-refractivity contribution in [2.45, 2.75) is 78.9 Å². The third-order valence-electron chi connectivity index (χ3n) is 6.51. The number of sulfonamides is 1. The van der Waals surface area contributed by atoms with Gasteiger partial charge in [0.25, 0.3) is 0 Å². The molecule has 0 saturated heterocycles. The zero-order valence-electron chi connectivity index (χ0n) is 23.1. The number of anilines is 1. The molecule has 0 aliphatic carbocycles. The van der Waals surface area contributed by atoms with Gasteiger partial charge in [-0.15, -0.1) is 0 Å². The Kier molecular flexibility index (Phi) is 11.9. The fourth-order valence-electron chi connectivity index (χ4n) is 4.17. The van der Waals surface area contributed by atoms with E-state index in [0.717, 1.165) is 23.1 Å². The first-order valence-electron chi connectivity index (χ1n) is 12.9. The second kappa shape index (κ2) is 14.2. The van der Waals surface area contributed by atoms with Gasteiger partial charge < -0.3 is 10.2 Å². The molecule has 2 atom stereocenters. The van der Waals surface area contributed by atoms with Gasteiger partial charge in [-0.1, -0.05) is 55.2 Å². The Morgan fingerprint density at radius 3 is 2.26 bits per heavy atom. The minimum atomic E-state index is -3.57. The summed E-state index contributed by atoms with van der Waals surface area (Å²) in [5.41, 5.74) is 3.13. The highest BCUT2D eigenvalue weighted by atomic mass is 35.5. The van der Waals surface area contributed by atoms with E-state index >= 15 is 0 Å². The van der Waals surface area contributed by atoms with Crippen LogP contribution in [-0.4, -0.2) is 50.0 Å². The lowest BCUT2D eigenvalue weighted by molar-refractivity contribution is -0.141. The number of benzene rings is 2. The SMILES string of the molecule is CC[C@@H](C)NC(=O)[C@@H](CC)N(Cc1ccc(Cl)c(Cl)c1)C(=O)CCCN(c1cc(C)ccc1C)S(C)(=O)=O. The van der Waals surface area contributed by atoms with Crippen molar-refractivity contribution >= 4 is 50.7 Å². The smallest absolute Gasteiger partial charge is 0.243 e. The van der Waals surface area contributed by atoms with Gasteiger partial charge in [-0.05, 0) is 74.9 Å². The van der Waals surface area contributed by atoms with E-state index in [9.17, 15) is 18.0 Å². The number of carbonyl (C=O) groups excluding carboxylic acids is 2. The second-order valence-corrected chi connectivity index (χ2v) is 12.5. The molecule has 2 amide bonds. The molecule has 0 radical (unpaired) electrons. The van der Waals surface area contributed by atoms with Gasteiger partial charge >= 0.3 is 0 Å². The van der Waals surface area contributed by atoms with Crippen LogP contribution in [0, 0.1) is 13.8 Å². The molecule has 0 spiro atoms. The summed E-state index contributed by atoms with van der Waals surface area (Å²) in [6.45, 7) is 9.85. The Morgan fingerprint density at radius 2 is 1.68 bits per heavy atom. The third kappa shape index (κ3) is 8.89.